The maximum Gasteiger partial charge on any atom is 0.194 e. The van der Waals surface area contributed by atoms with Crippen molar-refractivity contribution >= 4 is 28.7 Å². The zero-order valence-electron chi connectivity index (χ0n) is 16.6. The molecule has 6 rings (SSSR count). The molecule has 148 valence electrons. The van der Waals surface area contributed by atoms with Crippen molar-refractivity contribution in [3.05, 3.63) is 76.2 Å². The second-order valence-corrected chi connectivity index (χ2v) is 8.29. The van der Waals surface area contributed by atoms with Gasteiger partial charge in [-0.1, -0.05) is 18.2 Å². The van der Waals surface area contributed by atoms with Gasteiger partial charge in [0.2, 0.25) is 0 Å². The molecule has 0 unspecified atom stereocenters. The Kier molecular flexibility index (Phi) is 3.53. The zero-order chi connectivity index (χ0) is 20.4. The lowest BCUT2D eigenvalue weighted by Gasteiger charge is -2.06. The van der Waals surface area contributed by atoms with Gasteiger partial charge in [0.05, 0.1) is 28.5 Å². The average molecular weight is 395 g/mol. The van der Waals surface area contributed by atoms with E-state index < -0.39 is 0 Å². The van der Waals surface area contributed by atoms with Crippen LogP contribution < -0.4 is 5.73 Å². The van der Waals surface area contributed by atoms with Crippen LogP contribution in [0.2, 0.25) is 0 Å². The van der Waals surface area contributed by atoms with E-state index in [1.807, 2.05) is 31.2 Å². The smallest absolute Gasteiger partial charge is 0.194 e. The Morgan fingerprint density at radius 2 is 2.07 bits per heavy atom. The van der Waals surface area contributed by atoms with E-state index in [9.17, 15) is 4.79 Å². The Morgan fingerprint density at radius 3 is 2.90 bits per heavy atom. The monoisotopic (exact) mass is 395 g/mol. The Hall–Kier alpha value is -3.67. The molecule has 4 aromatic rings. The summed E-state index contributed by atoms with van der Waals surface area (Å²) in [5, 5.41) is 4.40. The summed E-state index contributed by atoms with van der Waals surface area (Å²) in [6, 6.07) is 12.4. The second kappa shape index (κ2) is 6.16. The van der Waals surface area contributed by atoms with Gasteiger partial charge in [0.1, 0.15) is 11.6 Å². The number of nitrogen functional groups attached to an aromatic ring is 1. The topological polar surface area (TPSA) is 89.6 Å². The van der Waals surface area contributed by atoms with Crippen LogP contribution in [-0.2, 0) is 6.42 Å². The molecule has 0 aliphatic heterocycles. The number of fused-ring (bicyclic) bond motifs is 2. The lowest BCUT2D eigenvalue weighted by molar-refractivity contribution is 0.103. The fourth-order valence-corrected chi connectivity index (χ4v) is 4.34. The molecule has 2 heterocycles. The predicted molar refractivity (Wildman–Crippen MR) is 117 cm³/mol. The lowest BCUT2D eigenvalue weighted by Crippen LogP contribution is -2.08. The zero-order valence-corrected chi connectivity index (χ0v) is 16.6. The molecule has 0 spiro atoms. The number of H-pyrrole nitrogens is 1. The number of rotatable bonds is 4. The molecule has 3 N–H and O–H groups in total. The van der Waals surface area contributed by atoms with Gasteiger partial charge in [-0.2, -0.15) is 5.10 Å². The number of nitrogens with two attached hydrogens (primary N) is 1. The predicted octanol–water partition coefficient (Wildman–Crippen LogP) is 4.34. The molecule has 2 aromatic heterocycles. The largest absolute Gasteiger partial charge is 0.383 e. The number of benzene rings is 2. The van der Waals surface area contributed by atoms with E-state index in [1.54, 1.807) is 10.9 Å². The van der Waals surface area contributed by atoms with Gasteiger partial charge in [0.25, 0.3) is 0 Å². The number of allylic oxidation sites excluding steroid dienone is 1. The summed E-state index contributed by atoms with van der Waals surface area (Å²) in [5.41, 5.74) is 13.9. The maximum absolute atomic E-state index is 13.2. The molecule has 1 fully saturated rings. The van der Waals surface area contributed by atoms with Gasteiger partial charge >= 0.3 is 0 Å². The van der Waals surface area contributed by atoms with Crippen molar-refractivity contribution in [3.63, 3.8) is 0 Å². The minimum atomic E-state index is -0.0543. The fraction of sp³-hybridized carbons (Fsp3) is 0.208. The second-order valence-electron chi connectivity index (χ2n) is 8.29. The fourth-order valence-electron chi connectivity index (χ4n) is 4.34. The van der Waals surface area contributed by atoms with Gasteiger partial charge in [-0.15, -0.1) is 0 Å². The highest BCUT2D eigenvalue weighted by Crippen LogP contribution is 2.42. The molecule has 2 aliphatic carbocycles. The van der Waals surface area contributed by atoms with E-state index in [2.05, 4.69) is 33.3 Å². The average Bonchev–Trinajstić information content (AvgIpc) is 3.22. The van der Waals surface area contributed by atoms with Crippen molar-refractivity contribution in [3.8, 4) is 5.69 Å². The normalized spacial score (nSPS) is 15.4. The van der Waals surface area contributed by atoms with Crippen LogP contribution in [0.25, 0.3) is 22.8 Å². The summed E-state index contributed by atoms with van der Waals surface area (Å²) in [7, 11) is 0. The number of hydrogen-bond donors (Lipinski definition) is 2. The van der Waals surface area contributed by atoms with E-state index in [4.69, 9.17) is 5.73 Å². The van der Waals surface area contributed by atoms with Crippen molar-refractivity contribution < 1.29 is 4.79 Å². The van der Waals surface area contributed by atoms with Crippen molar-refractivity contribution in [2.24, 2.45) is 0 Å². The number of Topliss-reactive ketones (excluding diaryl/α,β-unsaturated/α-hetero) is 1. The van der Waals surface area contributed by atoms with Crippen LogP contribution in [0.4, 0.5) is 5.82 Å². The number of anilines is 1. The molecule has 6 nitrogen and oxygen atoms in total. The third kappa shape index (κ3) is 2.68. The highest BCUT2D eigenvalue weighted by molar-refractivity contribution is 6.15. The minimum Gasteiger partial charge on any atom is -0.383 e. The molecule has 0 amide bonds. The number of nitrogens with one attached hydrogen (secondary N) is 1. The molecule has 0 atom stereocenters. The number of aromatic amines is 1. The van der Waals surface area contributed by atoms with Crippen LogP contribution in [0.15, 0.2) is 48.2 Å². The van der Waals surface area contributed by atoms with Crippen molar-refractivity contribution in [2.75, 3.05) is 5.73 Å². The number of nitrogens with zero attached hydrogens (tertiary/aromatic N) is 3. The van der Waals surface area contributed by atoms with Crippen LogP contribution >= 0.6 is 0 Å². The first-order valence-corrected chi connectivity index (χ1v) is 10.2. The van der Waals surface area contributed by atoms with Crippen LogP contribution in [0.3, 0.4) is 0 Å². The van der Waals surface area contributed by atoms with Gasteiger partial charge in [-0.25, -0.2) is 9.67 Å². The number of aryl methyl sites for hydroxylation is 1. The van der Waals surface area contributed by atoms with Crippen LogP contribution in [0, 0.1) is 6.92 Å². The highest BCUT2D eigenvalue weighted by Gasteiger charge is 2.27. The molecular formula is C24H21N5O. The van der Waals surface area contributed by atoms with E-state index in [0.29, 0.717) is 23.7 Å². The van der Waals surface area contributed by atoms with Gasteiger partial charge < -0.3 is 10.7 Å². The highest BCUT2D eigenvalue weighted by atomic mass is 16.1. The summed E-state index contributed by atoms with van der Waals surface area (Å²) < 4.78 is 1.61. The van der Waals surface area contributed by atoms with Gasteiger partial charge in [0, 0.05) is 12.0 Å². The van der Waals surface area contributed by atoms with E-state index in [1.165, 1.54) is 24.0 Å². The van der Waals surface area contributed by atoms with Gasteiger partial charge in [-0.05, 0) is 66.6 Å². The molecule has 0 radical (unpaired) electrons. The minimum absolute atomic E-state index is 0.0543. The first-order chi connectivity index (χ1) is 14.6. The maximum atomic E-state index is 13.2. The third-order valence-corrected chi connectivity index (χ3v) is 6.10. The molecule has 0 bridgehead atoms. The molecule has 2 aromatic carbocycles. The van der Waals surface area contributed by atoms with Gasteiger partial charge in [-0.3, -0.25) is 4.79 Å². The summed E-state index contributed by atoms with van der Waals surface area (Å²) in [6.45, 7) is 1.92. The van der Waals surface area contributed by atoms with Crippen molar-refractivity contribution in [1.29, 1.82) is 0 Å². The van der Waals surface area contributed by atoms with Crippen molar-refractivity contribution in [2.45, 2.75) is 32.1 Å². The number of ketones is 1. The molecule has 1 saturated carbocycles. The van der Waals surface area contributed by atoms with Crippen LogP contribution in [0.1, 0.15) is 51.6 Å². The van der Waals surface area contributed by atoms with E-state index >= 15 is 0 Å². The van der Waals surface area contributed by atoms with E-state index in [-0.39, 0.29) is 5.78 Å². The Morgan fingerprint density at radius 1 is 1.20 bits per heavy atom. The molecule has 30 heavy (non-hydrogen) atoms. The molecular weight excluding hydrogens is 374 g/mol. The number of carbonyl (C=O) groups is 1. The number of aromatic nitrogens is 4. The van der Waals surface area contributed by atoms with Gasteiger partial charge in [0.15, 0.2) is 5.78 Å². The molecule has 6 heteroatoms. The quantitative estimate of drug-likeness (QED) is 0.503. The summed E-state index contributed by atoms with van der Waals surface area (Å²) in [6.07, 6.45) is 6.77. The SMILES string of the molecule is Cc1nc2ccc(-n3ncc(C(=O)C4=Cc5cc(C6CC6)ccc5C4)c3N)cc2[nH]1. The first kappa shape index (κ1) is 17.2. The van der Waals surface area contributed by atoms with Crippen LogP contribution in [0.5, 0.6) is 0 Å². The summed E-state index contributed by atoms with van der Waals surface area (Å²) >= 11 is 0. The Balaban J connectivity index is 1.32. The summed E-state index contributed by atoms with van der Waals surface area (Å²) in [4.78, 5) is 20.8. The molecule has 2 aliphatic rings. The lowest BCUT2D eigenvalue weighted by atomic mass is 10.0. The molecule has 0 saturated heterocycles. The van der Waals surface area contributed by atoms with Crippen molar-refractivity contribution in [1.82, 2.24) is 19.7 Å². The Labute approximate surface area is 173 Å². The van der Waals surface area contributed by atoms with Crippen LogP contribution in [-0.4, -0.2) is 25.5 Å². The number of carbonyl (C=O) groups excluding carboxylic acids is 1. The summed E-state index contributed by atoms with van der Waals surface area (Å²) in [5.74, 6) is 1.85. The Bertz CT molecular complexity index is 1370. The standard InChI is InChI=1S/C24H21N5O/c1-13-27-21-7-6-19(11-22(21)28-13)29-24(25)20(12-26-29)23(30)18-9-16-5-4-15(14-2-3-14)8-17(16)10-18/h4-8,10-12,14H,2-3,9,25H2,1H3,(H,27,28). The van der Waals surface area contributed by atoms with E-state index in [0.717, 1.165) is 33.7 Å². The number of hydrogen-bond acceptors (Lipinski definition) is 4. The first-order valence-electron chi connectivity index (χ1n) is 10.2. The third-order valence-electron chi connectivity index (χ3n) is 6.10. The number of imidazole rings is 1.